The van der Waals surface area contributed by atoms with E-state index in [0.717, 1.165) is 0 Å². The predicted molar refractivity (Wildman–Crippen MR) is 63.1 cm³/mol. The lowest BCUT2D eigenvalue weighted by molar-refractivity contribution is 0.0691. The lowest BCUT2D eigenvalue weighted by Crippen LogP contribution is -2.08. The summed E-state index contributed by atoms with van der Waals surface area (Å²) in [6.45, 7) is 1.90. The van der Waals surface area contributed by atoms with E-state index in [-0.39, 0.29) is 11.7 Å². The third kappa shape index (κ3) is 2.76. The number of aromatic carboxylic acids is 1. The number of carboxylic acids is 1. The molecule has 0 aliphatic carbocycles. The summed E-state index contributed by atoms with van der Waals surface area (Å²) in [7, 11) is 0. The Balaban J connectivity index is 2.09. The lowest BCUT2D eigenvalue weighted by Gasteiger charge is -2.10. The number of nitrogens with one attached hydrogen (secondary N) is 1. The van der Waals surface area contributed by atoms with E-state index in [9.17, 15) is 4.79 Å². The summed E-state index contributed by atoms with van der Waals surface area (Å²) in [6, 6.07) is 1.64. The summed E-state index contributed by atoms with van der Waals surface area (Å²) < 4.78 is 0. The zero-order valence-corrected chi connectivity index (χ0v) is 9.81. The summed E-state index contributed by atoms with van der Waals surface area (Å²) in [5.41, 5.74) is 0.0707. The van der Waals surface area contributed by atoms with Crippen molar-refractivity contribution in [3.05, 3.63) is 34.7 Å². The molecule has 2 aromatic rings. The number of anilines is 1. The van der Waals surface area contributed by atoms with E-state index in [2.05, 4.69) is 20.3 Å². The smallest absolute Gasteiger partial charge is 0.355 e. The van der Waals surface area contributed by atoms with Crippen LogP contribution >= 0.6 is 11.3 Å². The molecule has 0 aliphatic rings. The van der Waals surface area contributed by atoms with Crippen molar-refractivity contribution in [1.82, 2.24) is 15.0 Å². The predicted octanol–water partition coefficient (Wildman–Crippen LogP) is 1.80. The highest BCUT2D eigenvalue weighted by molar-refractivity contribution is 7.09. The third-order valence-electron chi connectivity index (χ3n) is 2.06. The fourth-order valence-corrected chi connectivity index (χ4v) is 2.04. The molecule has 0 aromatic carbocycles. The summed E-state index contributed by atoms with van der Waals surface area (Å²) in [5.74, 6) is -0.332. The Kier molecular flexibility index (Phi) is 3.29. The molecule has 17 heavy (non-hydrogen) atoms. The second-order valence-electron chi connectivity index (χ2n) is 3.34. The molecule has 7 heteroatoms. The minimum Gasteiger partial charge on any atom is -0.476 e. The van der Waals surface area contributed by atoms with Crippen LogP contribution < -0.4 is 5.32 Å². The molecule has 2 heterocycles. The number of hydrogen-bond acceptors (Lipinski definition) is 6. The molecule has 0 saturated carbocycles. The van der Waals surface area contributed by atoms with Gasteiger partial charge in [-0.15, -0.1) is 11.3 Å². The first kappa shape index (κ1) is 11.5. The monoisotopic (exact) mass is 250 g/mol. The van der Waals surface area contributed by atoms with Gasteiger partial charge in [0.05, 0.1) is 6.04 Å². The largest absolute Gasteiger partial charge is 0.476 e. The maximum atomic E-state index is 10.7. The Morgan fingerprint density at radius 2 is 2.41 bits per heavy atom. The van der Waals surface area contributed by atoms with Crippen LogP contribution in [0.25, 0.3) is 0 Å². The average molecular weight is 250 g/mol. The van der Waals surface area contributed by atoms with Gasteiger partial charge in [-0.05, 0) is 13.0 Å². The Bertz CT molecular complexity index is 514. The molecule has 0 amide bonds. The third-order valence-corrected chi connectivity index (χ3v) is 3.09. The molecule has 0 saturated heterocycles. The van der Waals surface area contributed by atoms with Crippen LogP contribution in [0, 0.1) is 0 Å². The first-order valence-corrected chi connectivity index (χ1v) is 5.76. The number of aromatic nitrogens is 3. The van der Waals surface area contributed by atoms with Gasteiger partial charge in [0.15, 0.2) is 5.69 Å². The molecule has 2 N–H and O–H groups in total. The SMILES string of the molecule is CC(Nc1ccncn1)c1nc(C(=O)O)cs1. The molecule has 0 radical (unpaired) electrons. The van der Waals surface area contributed by atoms with Gasteiger partial charge in [0, 0.05) is 11.6 Å². The minimum atomic E-state index is -1.01. The van der Waals surface area contributed by atoms with Gasteiger partial charge in [-0.25, -0.2) is 19.7 Å². The maximum Gasteiger partial charge on any atom is 0.355 e. The van der Waals surface area contributed by atoms with Crippen LogP contribution in [0.1, 0.15) is 28.5 Å². The molecule has 0 spiro atoms. The van der Waals surface area contributed by atoms with E-state index < -0.39 is 5.97 Å². The zero-order valence-electron chi connectivity index (χ0n) is 8.99. The first-order valence-electron chi connectivity index (χ1n) is 4.88. The van der Waals surface area contributed by atoms with Gasteiger partial charge in [0.1, 0.15) is 17.2 Å². The van der Waals surface area contributed by atoms with Gasteiger partial charge in [0.25, 0.3) is 0 Å². The molecule has 6 nitrogen and oxygen atoms in total. The molecule has 2 rings (SSSR count). The molecule has 1 unspecified atom stereocenters. The van der Waals surface area contributed by atoms with E-state index in [1.165, 1.54) is 23.0 Å². The minimum absolute atomic E-state index is 0.0707. The highest BCUT2D eigenvalue weighted by atomic mass is 32.1. The summed E-state index contributed by atoms with van der Waals surface area (Å²) in [5, 5.41) is 14.1. The molecule has 0 aliphatic heterocycles. The maximum absolute atomic E-state index is 10.7. The Labute approximate surface area is 101 Å². The van der Waals surface area contributed by atoms with Gasteiger partial charge in [-0.2, -0.15) is 0 Å². The number of nitrogens with zero attached hydrogens (tertiary/aromatic N) is 3. The van der Waals surface area contributed by atoms with Crippen LogP contribution in [0.5, 0.6) is 0 Å². The van der Waals surface area contributed by atoms with Crippen LogP contribution in [0.15, 0.2) is 24.0 Å². The van der Waals surface area contributed by atoms with Crippen molar-refractivity contribution in [1.29, 1.82) is 0 Å². The fourth-order valence-electron chi connectivity index (χ4n) is 1.24. The molecule has 2 aromatic heterocycles. The van der Waals surface area contributed by atoms with Gasteiger partial charge >= 0.3 is 5.97 Å². The van der Waals surface area contributed by atoms with E-state index in [1.54, 1.807) is 12.3 Å². The number of hydrogen-bond donors (Lipinski definition) is 2. The first-order chi connectivity index (χ1) is 8.16. The molecule has 0 bridgehead atoms. The Morgan fingerprint density at radius 1 is 1.59 bits per heavy atom. The number of carbonyl (C=O) groups is 1. The van der Waals surface area contributed by atoms with Gasteiger partial charge in [-0.3, -0.25) is 0 Å². The number of thiazole rings is 1. The van der Waals surface area contributed by atoms with Crippen LogP contribution in [0.4, 0.5) is 5.82 Å². The van der Waals surface area contributed by atoms with Crippen LogP contribution in [-0.4, -0.2) is 26.0 Å². The van der Waals surface area contributed by atoms with Gasteiger partial charge < -0.3 is 10.4 Å². The van der Waals surface area contributed by atoms with E-state index >= 15 is 0 Å². The van der Waals surface area contributed by atoms with Gasteiger partial charge in [0.2, 0.25) is 0 Å². The fraction of sp³-hybridized carbons (Fsp3) is 0.200. The Morgan fingerprint density at radius 3 is 3.00 bits per heavy atom. The quantitative estimate of drug-likeness (QED) is 0.860. The van der Waals surface area contributed by atoms with Crippen molar-refractivity contribution >= 4 is 23.1 Å². The van der Waals surface area contributed by atoms with Gasteiger partial charge in [-0.1, -0.05) is 0 Å². The van der Waals surface area contributed by atoms with Crippen molar-refractivity contribution in [2.45, 2.75) is 13.0 Å². The highest BCUT2D eigenvalue weighted by Gasteiger charge is 2.13. The van der Waals surface area contributed by atoms with Crippen LogP contribution in [0.2, 0.25) is 0 Å². The topological polar surface area (TPSA) is 88.0 Å². The van der Waals surface area contributed by atoms with Crippen molar-refractivity contribution in [3.8, 4) is 0 Å². The molecular formula is C10H10N4O2S. The summed E-state index contributed by atoms with van der Waals surface area (Å²) in [6.07, 6.45) is 3.08. The zero-order chi connectivity index (χ0) is 12.3. The summed E-state index contributed by atoms with van der Waals surface area (Å²) >= 11 is 1.31. The Hall–Kier alpha value is -2.02. The average Bonchev–Trinajstić information content (AvgIpc) is 2.79. The normalized spacial score (nSPS) is 12.1. The number of carboxylic acid groups (broad SMARTS) is 1. The molecule has 0 fully saturated rings. The second kappa shape index (κ2) is 4.88. The second-order valence-corrected chi connectivity index (χ2v) is 4.23. The van der Waals surface area contributed by atoms with Crippen molar-refractivity contribution < 1.29 is 9.90 Å². The molecular weight excluding hydrogens is 240 g/mol. The van der Waals surface area contributed by atoms with Crippen molar-refractivity contribution in [3.63, 3.8) is 0 Å². The van der Waals surface area contributed by atoms with E-state index in [4.69, 9.17) is 5.11 Å². The molecule has 1 atom stereocenters. The van der Waals surface area contributed by atoms with Crippen LogP contribution in [-0.2, 0) is 0 Å². The number of rotatable bonds is 4. The van der Waals surface area contributed by atoms with Crippen molar-refractivity contribution in [2.75, 3.05) is 5.32 Å². The molecule has 88 valence electrons. The standard InChI is InChI=1S/C10H10N4O2S/c1-6(13-8-2-3-11-5-12-8)9-14-7(4-17-9)10(15)16/h2-6H,1H3,(H,15,16)(H,11,12,13). The van der Waals surface area contributed by atoms with Crippen molar-refractivity contribution in [2.24, 2.45) is 0 Å². The van der Waals surface area contributed by atoms with E-state index in [0.29, 0.717) is 10.8 Å². The lowest BCUT2D eigenvalue weighted by atomic mass is 10.3. The summed E-state index contributed by atoms with van der Waals surface area (Å²) in [4.78, 5) is 22.6. The van der Waals surface area contributed by atoms with Crippen LogP contribution in [0.3, 0.4) is 0 Å². The van der Waals surface area contributed by atoms with E-state index in [1.807, 2.05) is 6.92 Å². The highest BCUT2D eigenvalue weighted by Crippen LogP contribution is 2.21.